The highest BCUT2D eigenvalue weighted by Crippen LogP contribution is 2.31. The molecule has 2 nitrogen and oxygen atoms in total. The molecule has 2 rings (SSSR count). The van der Waals surface area contributed by atoms with Gasteiger partial charge in [0, 0.05) is 0 Å². The topological polar surface area (TPSA) is 24.1 Å². The molecular formula is C10H14N2S. The van der Waals surface area contributed by atoms with Crippen molar-refractivity contribution in [1.82, 2.24) is 0 Å². The van der Waals surface area contributed by atoms with Gasteiger partial charge < -0.3 is 10.6 Å². The van der Waals surface area contributed by atoms with Crippen LogP contribution >= 0.6 is 11.8 Å². The predicted octanol–water partition coefficient (Wildman–Crippen LogP) is 2.95. The maximum absolute atomic E-state index is 3.42. The lowest BCUT2D eigenvalue weighted by Gasteiger charge is -2.10. The first-order chi connectivity index (χ1) is 6.40. The summed E-state index contributed by atoms with van der Waals surface area (Å²) in [6.45, 7) is 2.20. The van der Waals surface area contributed by atoms with Crippen molar-refractivity contribution in [1.29, 1.82) is 0 Å². The molecule has 0 saturated carbocycles. The molecular weight excluding hydrogens is 180 g/mol. The van der Waals surface area contributed by atoms with Gasteiger partial charge in [-0.25, -0.2) is 0 Å². The summed E-state index contributed by atoms with van der Waals surface area (Å²) in [4.78, 5) is 0. The van der Waals surface area contributed by atoms with E-state index in [-0.39, 0.29) is 0 Å². The van der Waals surface area contributed by atoms with Crippen molar-refractivity contribution in [3.8, 4) is 0 Å². The van der Waals surface area contributed by atoms with E-state index in [0.717, 1.165) is 0 Å². The Bertz CT molecular complexity index is 263. The van der Waals surface area contributed by atoms with Crippen molar-refractivity contribution < 1.29 is 0 Å². The van der Waals surface area contributed by atoms with Crippen LogP contribution in [-0.2, 0) is 0 Å². The molecule has 0 bridgehead atoms. The van der Waals surface area contributed by atoms with Crippen LogP contribution in [0.15, 0.2) is 24.3 Å². The zero-order valence-electron chi connectivity index (χ0n) is 7.71. The lowest BCUT2D eigenvalue weighted by molar-refractivity contribution is 1.09. The summed E-state index contributed by atoms with van der Waals surface area (Å²) in [6.07, 6.45) is 1.22. The predicted molar refractivity (Wildman–Crippen MR) is 60.2 cm³/mol. The third-order valence-corrected chi connectivity index (χ3v) is 3.20. The molecule has 1 aromatic rings. The normalized spacial score (nSPS) is 14.8. The van der Waals surface area contributed by atoms with E-state index in [2.05, 4.69) is 41.8 Å². The first-order valence-electron chi connectivity index (χ1n) is 4.64. The van der Waals surface area contributed by atoms with Gasteiger partial charge in [0.25, 0.3) is 0 Å². The standard InChI is InChI=1S/C10H14N2S/c1-2-7-13-10-11-8-5-3-4-6-9(8)12-10/h3-6,10-12H,2,7H2,1H3. The van der Waals surface area contributed by atoms with Crippen LogP contribution in [0.3, 0.4) is 0 Å². The van der Waals surface area contributed by atoms with Gasteiger partial charge in [0.2, 0.25) is 0 Å². The Morgan fingerprint density at radius 1 is 1.23 bits per heavy atom. The van der Waals surface area contributed by atoms with E-state index < -0.39 is 0 Å². The maximum Gasteiger partial charge on any atom is 0.145 e. The van der Waals surface area contributed by atoms with Gasteiger partial charge in [-0.05, 0) is 24.3 Å². The van der Waals surface area contributed by atoms with Crippen LogP contribution in [0.1, 0.15) is 13.3 Å². The quantitative estimate of drug-likeness (QED) is 0.773. The van der Waals surface area contributed by atoms with Gasteiger partial charge in [-0.2, -0.15) is 0 Å². The second-order valence-corrected chi connectivity index (χ2v) is 4.30. The Morgan fingerprint density at radius 2 is 1.85 bits per heavy atom. The summed E-state index contributed by atoms with van der Waals surface area (Å²) in [5.41, 5.74) is 2.80. The Labute approximate surface area is 83.1 Å². The van der Waals surface area contributed by atoms with Crippen molar-refractivity contribution in [3.05, 3.63) is 24.3 Å². The molecule has 1 aliphatic heterocycles. The zero-order valence-corrected chi connectivity index (χ0v) is 8.53. The van der Waals surface area contributed by atoms with E-state index >= 15 is 0 Å². The monoisotopic (exact) mass is 194 g/mol. The molecule has 70 valence electrons. The Kier molecular flexibility index (Phi) is 2.64. The van der Waals surface area contributed by atoms with Crippen molar-refractivity contribution >= 4 is 23.1 Å². The highest BCUT2D eigenvalue weighted by atomic mass is 32.2. The van der Waals surface area contributed by atoms with Crippen LogP contribution in [-0.4, -0.2) is 11.3 Å². The van der Waals surface area contributed by atoms with Gasteiger partial charge in [-0.3, -0.25) is 0 Å². The van der Waals surface area contributed by atoms with Gasteiger partial charge >= 0.3 is 0 Å². The summed E-state index contributed by atoms with van der Waals surface area (Å²) in [6, 6.07) is 8.32. The fraction of sp³-hybridized carbons (Fsp3) is 0.400. The molecule has 0 amide bonds. The number of hydrogen-bond donors (Lipinski definition) is 2. The van der Waals surface area contributed by atoms with Crippen LogP contribution in [0.5, 0.6) is 0 Å². The molecule has 0 saturated heterocycles. The summed E-state index contributed by atoms with van der Waals surface area (Å²) >= 11 is 1.92. The molecule has 3 heteroatoms. The van der Waals surface area contributed by atoms with Crippen LogP contribution < -0.4 is 10.6 Å². The maximum atomic E-state index is 3.42. The van der Waals surface area contributed by atoms with Crippen molar-refractivity contribution in [2.24, 2.45) is 0 Å². The molecule has 1 heterocycles. The molecule has 0 radical (unpaired) electrons. The van der Waals surface area contributed by atoms with E-state index in [1.807, 2.05) is 11.8 Å². The first kappa shape index (κ1) is 8.75. The number of para-hydroxylation sites is 2. The number of anilines is 2. The lowest BCUT2D eigenvalue weighted by atomic mass is 10.3. The lowest BCUT2D eigenvalue weighted by Crippen LogP contribution is -2.17. The van der Waals surface area contributed by atoms with Gasteiger partial charge in [-0.1, -0.05) is 19.1 Å². The van der Waals surface area contributed by atoms with Crippen molar-refractivity contribution in [2.45, 2.75) is 18.8 Å². The average molecular weight is 194 g/mol. The minimum absolute atomic E-state index is 0.359. The molecule has 0 unspecified atom stereocenters. The van der Waals surface area contributed by atoms with Gasteiger partial charge in [0.15, 0.2) is 0 Å². The minimum Gasteiger partial charge on any atom is -0.355 e. The van der Waals surface area contributed by atoms with E-state index in [4.69, 9.17) is 0 Å². The summed E-state index contributed by atoms with van der Waals surface area (Å²) in [7, 11) is 0. The molecule has 2 N–H and O–H groups in total. The Balaban J connectivity index is 1.97. The smallest absolute Gasteiger partial charge is 0.145 e. The Morgan fingerprint density at radius 3 is 2.38 bits per heavy atom. The van der Waals surface area contributed by atoms with Crippen LogP contribution in [0.25, 0.3) is 0 Å². The number of nitrogens with one attached hydrogen (secondary N) is 2. The average Bonchev–Trinajstić information content (AvgIpc) is 2.57. The summed E-state index contributed by atoms with van der Waals surface area (Å²) < 4.78 is 0. The SMILES string of the molecule is CCCSC1Nc2ccccc2N1. The van der Waals surface area contributed by atoms with Gasteiger partial charge in [-0.15, -0.1) is 11.8 Å². The first-order valence-corrected chi connectivity index (χ1v) is 5.68. The molecule has 1 aliphatic rings. The number of benzene rings is 1. The van der Waals surface area contributed by atoms with Crippen LogP contribution in [0, 0.1) is 0 Å². The van der Waals surface area contributed by atoms with E-state index in [1.54, 1.807) is 0 Å². The molecule has 13 heavy (non-hydrogen) atoms. The molecule has 0 aliphatic carbocycles. The third kappa shape index (κ3) is 1.91. The number of fused-ring (bicyclic) bond motifs is 1. The van der Waals surface area contributed by atoms with Gasteiger partial charge in [0.1, 0.15) is 5.50 Å². The molecule has 0 aromatic heterocycles. The second-order valence-electron chi connectivity index (χ2n) is 3.09. The van der Waals surface area contributed by atoms with Crippen molar-refractivity contribution in [2.75, 3.05) is 16.4 Å². The van der Waals surface area contributed by atoms with Crippen LogP contribution in [0.2, 0.25) is 0 Å². The number of thioether (sulfide) groups is 1. The number of rotatable bonds is 3. The van der Waals surface area contributed by atoms with E-state index in [0.29, 0.717) is 5.50 Å². The number of hydrogen-bond acceptors (Lipinski definition) is 3. The fourth-order valence-corrected chi connectivity index (χ4v) is 2.26. The van der Waals surface area contributed by atoms with E-state index in [1.165, 1.54) is 23.5 Å². The molecule has 0 fully saturated rings. The van der Waals surface area contributed by atoms with Crippen LogP contribution in [0.4, 0.5) is 11.4 Å². The highest BCUT2D eigenvalue weighted by molar-refractivity contribution is 8.00. The second kappa shape index (κ2) is 3.92. The van der Waals surface area contributed by atoms with Crippen molar-refractivity contribution in [3.63, 3.8) is 0 Å². The molecule has 0 spiro atoms. The minimum atomic E-state index is 0.359. The zero-order chi connectivity index (χ0) is 9.10. The molecule has 1 aromatic carbocycles. The van der Waals surface area contributed by atoms with E-state index in [9.17, 15) is 0 Å². The van der Waals surface area contributed by atoms with Gasteiger partial charge in [0.05, 0.1) is 11.4 Å². The summed E-state index contributed by atoms with van der Waals surface area (Å²) in [5.74, 6) is 1.19. The Hall–Kier alpha value is -0.830. The highest BCUT2D eigenvalue weighted by Gasteiger charge is 2.17. The summed E-state index contributed by atoms with van der Waals surface area (Å²) in [5, 5.41) is 6.84. The largest absolute Gasteiger partial charge is 0.355 e. The fourth-order valence-electron chi connectivity index (χ4n) is 1.37. The molecule has 0 atom stereocenters. The third-order valence-electron chi connectivity index (χ3n) is 1.99.